The van der Waals surface area contributed by atoms with E-state index in [2.05, 4.69) is 21.2 Å². The fraction of sp³-hybridized carbons (Fsp3) is 0.391. The average molecular weight is 628 g/mol. The molecule has 1 N–H and O–H groups in total. The lowest BCUT2D eigenvalue weighted by molar-refractivity contribution is -0.139. The lowest BCUT2D eigenvalue weighted by Crippen LogP contribution is -2.51. The van der Waals surface area contributed by atoms with Crippen LogP contribution in [0.3, 0.4) is 0 Å². The fourth-order valence-corrected chi connectivity index (χ4v) is 5.01. The lowest BCUT2D eigenvalue weighted by atomic mass is 10.1. The fourth-order valence-electron chi connectivity index (χ4n) is 3.20. The zero-order valence-corrected chi connectivity index (χ0v) is 24.2. The van der Waals surface area contributed by atoms with E-state index in [-0.39, 0.29) is 33.2 Å². The van der Waals surface area contributed by atoms with Gasteiger partial charge in [-0.15, -0.1) is 0 Å². The largest absolute Gasteiger partial charge is 0.354 e. The number of sulfonamides is 1. The second-order valence-electron chi connectivity index (χ2n) is 7.96. The Morgan fingerprint density at radius 1 is 1.06 bits per heavy atom. The minimum Gasteiger partial charge on any atom is -0.354 e. The van der Waals surface area contributed by atoms with Crippen LogP contribution in [0.5, 0.6) is 0 Å². The van der Waals surface area contributed by atoms with Gasteiger partial charge in [0.05, 0.1) is 27.0 Å². The summed E-state index contributed by atoms with van der Waals surface area (Å²) < 4.78 is 27.0. The van der Waals surface area contributed by atoms with Crippen LogP contribution in [0.4, 0.5) is 5.69 Å². The minimum absolute atomic E-state index is 0.0144. The van der Waals surface area contributed by atoms with E-state index in [0.29, 0.717) is 6.54 Å². The van der Waals surface area contributed by atoms with Crippen LogP contribution < -0.4 is 9.62 Å². The number of carbonyl (C=O) groups excluding carboxylic acids is 2. The monoisotopic (exact) mass is 625 g/mol. The van der Waals surface area contributed by atoms with Crippen molar-refractivity contribution in [3.63, 3.8) is 0 Å². The van der Waals surface area contributed by atoms with Crippen LogP contribution in [-0.2, 0) is 26.2 Å². The quantitative estimate of drug-likeness (QED) is 0.263. The summed E-state index contributed by atoms with van der Waals surface area (Å²) in [5.41, 5.74) is 0.786. The molecule has 2 rings (SSSR count). The summed E-state index contributed by atoms with van der Waals surface area (Å²) in [6, 6.07) is 9.03. The molecule has 0 saturated heterocycles. The van der Waals surface area contributed by atoms with Gasteiger partial charge in [0.15, 0.2) is 0 Å². The molecule has 0 fully saturated rings. The number of anilines is 1. The van der Waals surface area contributed by atoms with Crippen LogP contribution in [0.2, 0.25) is 15.1 Å². The maximum Gasteiger partial charge on any atom is 0.244 e. The molecule has 1 unspecified atom stereocenters. The Bertz CT molecular complexity index is 1160. The highest BCUT2D eigenvalue weighted by Crippen LogP contribution is 2.35. The van der Waals surface area contributed by atoms with Gasteiger partial charge in [-0.25, -0.2) is 8.42 Å². The Kier molecular flexibility index (Phi) is 11.2. The van der Waals surface area contributed by atoms with E-state index in [1.807, 2.05) is 31.2 Å². The van der Waals surface area contributed by atoms with Crippen LogP contribution in [0, 0.1) is 0 Å². The number of amides is 2. The molecule has 1 atom stereocenters. The van der Waals surface area contributed by atoms with E-state index in [0.717, 1.165) is 33.4 Å². The van der Waals surface area contributed by atoms with Crippen molar-refractivity contribution in [2.75, 3.05) is 23.7 Å². The van der Waals surface area contributed by atoms with E-state index in [4.69, 9.17) is 34.8 Å². The van der Waals surface area contributed by atoms with E-state index < -0.39 is 28.5 Å². The smallest absolute Gasteiger partial charge is 0.244 e. The number of rotatable bonds is 11. The summed E-state index contributed by atoms with van der Waals surface area (Å²) in [6.07, 6.45) is 2.67. The van der Waals surface area contributed by atoms with Gasteiger partial charge >= 0.3 is 0 Å². The molecule has 2 aromatic rings. The SMILES string of the molecule is CCCCNC(=O)C(C)N(Cc1ccc(Br)cc1)C(=O)CN(c1cc(Cl)c(Cl)cc1Cl)S(C)(=O)=O. The number of hydrogen-bond acceptors (Lipinski definition) is 4. The van der Waals surface area contributed by atoms with Gasteiger partial charge in [0.2, 0.25) is 21.8 Å². The first-order valence-electron chi connectivity index (χ1n) is 10.8. The molecule has 0 radical (unpaired) electrons. The van der Waals surface area contributed by atoms with Crippen molar-refractivity contribution < 1.29 is 18.0 Å². The second-order valence-corrected chi connectivity index (χ2v) is 12.0. The van der Waals surface area contributed by atoms with Crippen molar-refractivity contribution in [1.82, 2.24) is 10.2 Å². The molecule has 0 bridgehead atoms. The minimum atomic E-state index is -3.95. The molecular weight excluding hydrogens is 601 g/mol. The summed E-state index contributed by atoms with van der Waals surface area (Å²) in [6.45, 7) is 3.61. The standard InChI is InChI=1S/C23H27BrCl3N3O4S/c1-4-5-10-28-23(32)15(2)29(13-16-6-8-17(24)9-7-16)22(31)14-30(35(3,33)34)21-12-19(26)18(25)11-20(21)27/h6-9,11-12,15H,4-5,10,13-14H2,1-3H3,(H,28,32). The molecule has 2 aromatic carbocycles. The Hall–Kier alpha value is -1.52. The van der Waals surface area contributed by atoms with Crippen LogP contribution in [-0.4, -0.2) is 50.5 Å². The lowest BCUT2D eigenvalue weighted by Gasteiger charge is -2.31. The Morgan fingerprint density at radius 3 is 2.23 bits per heavy atom. The zero-order chi connectivity index (χ0) is 26.3. The Balaban J connectivity index is 2.41. The molecule has 0 aromatic heterocycles. The number of carbonyl (C=O) groups is 2. The molecule has 35 heavy (non-hydrogen) atoms. The van der Waals surface area contributed by atoms with Gasteiger partial charge in [-0.3, -0.25) is 13.9 Å². The topological polar surface area (TPSA) is 86.8 Å². The van der Waals surface area contributed by atoms with Crippen molar-refractivity contribution in [2.24, 2.45) is 0 Å². The highest BCUT2D eigenvalue weighted by Gasteiger charge is 2.31. The third-order valence-electron chi connectivity index (χ3n) is 5.20. The van der Waals surface area contributed by atoms with Crippen LogP contribution >= 0.6 is 50.7 Å². The van der Waals surface area contributed by atoms with Crippen molar-refractivity contribution in [2.45, 2.75) is 39.3 Å². The summed E-state index contributed by atoms with van der Waals surface area (Å²) in [7, 11) is -3.95. The Morgan fingerprint density at radius 2 is 1.66 bits per heavy atom. The number of nitrogens with zero attached hydrogens (tertiary/aromatic N) is 2. The molecule has 0 spiro atoms. The van der Waals surface area contributed by atoms with Gasteiger partial charge in [-0.2, -0.15) is 0 Å². The van der Waals surface area contributed by atoms with Crippen LogP contribution in [0.25, 0.3) is 0 Å². The van der Waals surface area contributed by atoms with Crippen molar-refractivity contribution in [3.8, 4) is 0 Å². The summed E-state index contributed by atoms with van der Waals surface area (Å²) in [5.74, 6) is -0.916. The van der Waals surface area contributed by atoms with E-state index in [1.165, 1.54) is 17.0 Å². The number of benzene rings is 2. The molecule has 0 heterocycles. The Labute approximate surface area is 229 Å². The molecule has 12 heteroatoms. The molecular formula is C23H27BrCl3N3O4S. The van der Waals surface area contributed by atoms with E-state index >= 15 is 0 Å². The molecule has 2 amide bonds. The maximum atomic E-state index is 13.5. The molecule has 0 aliphatic rings. The third-order valence-corrected chi connectivity index (χ3v) is 7.88. The highest BCUT2D eigenvalue weighted by atomic mass is 79.9. The first kappa shape index (κ1) is 29.7. The van der Waals surface area contributed by atoms with Crippen molar-refractivity contribution in [1.29, 1.82) is 0 Å². The predicted octanol–water partition coefficient (Wildman–Crippen LogP) is 5.51. The first-order chi connectivity index (χ1) is 16.3. The average Bonchev–Trinajstić information content (AvgIpc) is 2.78. The number of halogens is 4. The maximum absolute atomic E-state index is 13.5. The number of unbranched alkanes of at least 4 members (excludes halogenated alkanes) is 1. The summed E-state index contributed by atoms with van der Waals surface area (Å²) >= 11 is 21.7. The molecule has 0 aliphatic carbocycles. The highest BCUT2D eigenvalue weighted by molar-refractivity contribution is 9.10. The molecule has 0 aliphatic heterocycles. The first-order valence-corrected chi connectivity index (χ1v) is 14.6. The summed E-state index contributed by atoms with van der Waals surface area (Å²) in [5, 5.41) is 3.08. The van der Waals surface area contributed by atoms with Gasteiger partial charge in [0.1, 0.15) is 12.6 Å². The van der Waals surface area contributed by atoms with E-state index in [1.54, 1.807) is 6.92 Å². The third kappa shape index (κ3) is 8.53. The van der Waals surface area contributed by atoms with Gasteiger partial charge < -0.3 is 10.2 Å². The normalized spacial score (nSPS) is 12.2. The van der Waals surface area contributed by atoms with Crippen LogP contribution in [0.1, 0.15) is 32.3 Å². The van der Waals surface area contributed by atoms with Crippen LogP contribution in [0.15, 0.2) is 40.9 Å². The molecule has 0 saturated carbocycles. The van der Waals surface area contributed by atoms with E-state index in [9.17, 15) is 18.0 Å². The summed E-state index contributed by atoms with van der Waals surface area (Å²) in [4.78, 5) is 27.7. The zero-order valence-electron chi connectivity index (χ0n) is 19.5. The number of nitrogens with one attached hydrogen (secondary N) is 1. The van der Waals surface area contributed by atoms with Gasteiger partial charge in [-0.05, 0) is 43.2 Å². The molecule has 192 valence electrons. The molecule has 7 nitrogen and oxygen atoms in total. The number of hydrogen-bond donors (Lipinski definition) is 1. The van der Waals surface area contributed by atoms with Crippen molar-refractivity contribution in [3.05, 3.63) is 61.5 Å². The van der Waals surface area contributed by atoms with Gasteiger partial charge in [0, 0.05) is 17.6 Å². The van der Waals surface area contributed by atoms with Crippen molar-refractivity contribution >= 4 is 78.3 Å². The van der Waals surface area contributed by atoms with Gasteiger partial charge in [-0.1, -0.05) is 76.2 Å². The second kappa shape index (κ2) is 13.1. The predicted molar refractivity (Wildman–Crippen MR) is 146 cm³/mol. The van der Waals surface area contributed by atoms with Gasteiger partial charge in [0.25, 0.3) is 0 Å².